The predicted octanol–water partition coefficient (Wildman–Crippen LogP) is 9.24. The van der Waals surface area contributed by atoms with Gasteiger partial charge in [-0.3, -0.25) is 0 Å². The van der Waals surface area contributed by atoms with Crippen molar-refractivity contribution in [2.24, 2.45) is 0 Å². The molecule has 8 rings (SSSR count). The van der Waals surface area contributed by atoms with E-state index in [1.807, 2.05) is 48.5 Å². The van der Waals surface area contributed by atoms with Gasteiger partial charge in [-0.05, 0) is 48.3 Å². The molecule has 1 spiro atoms. The van der Waals surface area contributed by atoms with Crippen LogP contribution in [-0.4, -0.2) is 17.5 Å². The molecule has 218 valence electrons. The van der Waals surface area contributed by atoms with Gasteiger partial charge in [0.2, 0.25) is 0 Å². The van der Waals surface area contributed by atoms with Crippen LogP contribution in [0.3, 0.4) is 0 Å². The summed E-state index contributed by atoms with van der Waals surface area (Å²) in [5, 5.41) is 37.1. The summed E-state index contributed by atoms with van der Waals surface area (Å²) in [6.07, 6.45) is 8.94. The molecule has 4 heterocycles. The normalized spacial score (nSPS) is 14.2. The minimum atomic E-state index is -0.0420. The first-order valence-electron chi connectivity index (χ1n) is 14.4. The average molecular weight is 667 g/mol. The van der Waals surface area contributed by atoms with E-state index in [1.54, 1.807) is 34.8 Å². The van der Waals surface area contributed by atoms with Gasteiger partial charge in [-0.2, -0.15) is 38.5 Å². The molecule has 0 amide bonds. The fraction of sp³-hybridized carbons (Fsp3) is 0.176. The third-order valence-electron chi connectivity index (χ3n) is 8.91. The van der Waals surface area contributed by atoms with Crippen LogP contribution in [0.1, 0.15) is 54.4 Å². The van der Waals surface area contributed by atoms with Crippen LogP contribution in [0.4, 0.5) is 0 Å². The molecule has 4 aromatic heterocycles. The van der Waals surface area contributed by atoms with Gasteiger partial charge in [-0.15, -0.1) is 22.7 Å². The lowest BCUT2D eigenvalue weighted by Crippen LogP contribution is -2.27. The Morgan fingerprint density at radius 1 is 0.609 bits per heavy atom. The predicted molar refractivity (Wildman–Crippen MR) is 183 cm³/mol. The van der Waals surface area contributed by atoms with Crippen molar-refractivity contribution in [3.05, 3.63) is 69.8 Å². The summed E-state index contributed by atoms with van der Waals surface area (Å²) >= 11 is 5.85. The number of thiophene rings is 2. The second-order valence-corrected chi connectivity index (χ2v) is 14.4. The van der Waals surface area contributed by atoms with Gasteiger partial charge in [0.15, 0.2) is 0 Å². The average Bonchev–Trinajstić information content (AvgIpc) is 3.93. The van der Waals surface area contributed by atoms with E-state index in [1.165, 1.54) is 40.1 Å². The summed E-state index contributed by atoms with van der Waals surface area (Å²) in [4.78, 5) is 4.88. The number of aromatic nitrogens is 4. The minimum absolute atomic E-state index is 0.0309. The van der Waals surface area contributed by atoms with Crippen LogP contribution < -0.4 is 0 Å². The molecular weight excluding hydrogens is 649 g/mol. The molecular formula is C34H18N8S4. The molecule has 2 aromatic carbocycles. The molecule has 0 aliphatic heterocycles. The van der Waals surface area contributed by atoms with Crippen molar-refractivity contribution in [1.82, 2.24) is 17.5 Å². The van der Waals surface area contributed by atoms with Gasteiger partial charge >= 0.3 is 0 Å². The fourth-order valence-electron chi connectivity index (χ4n) is 6.83. The first kappa shape index (κ1) is 28.4. The fourth-order valence-corrected chi connectivity index (χ4v) is 10.7. The Bertz CT molecular complexity index is 2270. The molecule has 0 atom stereocenters. The zero-order valence-electron chi connectivity index (χ0n) is 23.9. The summed E-state index contributed by atoms with van der Waals surface area (Å²) in [7, 11) is 0. The van der Waals surface area contributed by atoms with E-state index in [0.29, 0.717) is 22.2 Å². The van der Waals surface area contributed by atoms with E-state index < -0.39 is 0 Å². The van der Waals surface area contributed by atoms with Crippen LogP contribution in [-0.2, 0) is 5.41 Å². The molecule has 46 heavy (non-hydrogen) atoms. The number of hydrogen-bond donors (Lipinski definition) is 0. The number of benzene rings is 2. The Kier molecular flexibility index (Phi) is 6.83. The number of hydrogen-bond acceptors (Lipinski definition) is 12. The van der Waals surface area contributed by atoms with Crippen LogP contribution >= 0.6 is 46.1 Å². The highest BCUT2D eigenvalue weighted by Gasteiger charge is 2.46. The topological polar surface area (TPSA) is 147 Å². The maximum Gasteiger partial charge on any atom is 0.130 e. The van der Waals surface area contributed by atoms with E-state index in [9.17, 15) is 21.0 Å². The zero-order chi connectivity index (χ0) is 31.4. The smallest absolute Gasteiger partial charge is 0.130 e. The summed E-state index contributed by atoms with van der Waals surface area (Å²) in [6, 6.07) is 20.4. The van der Waals surface area contributed by atoms with Crippen molar-refractivity contribution in [1.29, 1.82) is 21.0 Å². The largest absolute Gasteiger partial charge is 0.192 e. The van der Waals surface area contributed by atoms with Crippen molar-refractivity contribution in [2.75, 3.05) is 0 Å². The lowest BCUT2D eigenvalue weighted by atomic mass is 9.68. The molecule has 6 aromatic rings. The van der Waals surface area contributed by atoms with Crippen LogP contribution in [0.2, 0.25) is 0 Å². The maximum absolute atomic E-state index is 9.29. The molecule has 1 saturated carbocycles. The highest BCUT2D eigenvalue weighted by molar-refractivity contribution is 7.26. The van der Waals surface area contributed by atoms with Gasteiger partial charge in [0.1, 0.15) is 57.5 Å². The molecule has 2 aliphatic rings. The lowest BCUT2D eigenvalue weighted by molar-refractivity contribution is 0.354. The number of allylic oxidation sites excluding steroid dienone is 2. The molecule has 0 unspecified atom stereocenters. The van der Waals surface area contributed by atoms with Gasteiger partial charge in [-0.1, -0.05) is 43.5 Å². The van der Waals surface area contributed by atoms with Crippen molar-refractivity contribution in [3.8, 4) is 54.9 Å². The highest BCUT2D eigenvalue weighted by atomic mass is 32.1. The Balaban J connectivity index is 1.27. The van der Waals surface area contributed by atoms with Crippen molar-refractivity contribution >= 4 is 80.3 Å². The van der Waals surface area contributed by atoms with E-state index in [-0.39, 0.29) is 16.6 Å². The molecule has 8 nitrogen and oxygen atoms in total. The maximum atomic E-state index is 9.29. The molecule has 0 saturated heterocycles. The second kappa shape index (κ2) is 11.1. The monoisotopic (exact) mass is 666 g/mol. The summed E-state index contributed by atoms with van der Waals surface area (Å²) in [6.45, 7) is 0. The molecule has 2 aliphatic carbocycles. The number of rotatable bonds is 4. The molecule has 0 N–H and O–H groups in total. The van der Waals surface area contributed by atoms with Crippen LogP contribution in [0.15, 0.2) is 47.5 Å². The Hall–Kier alpha value is -5.08. The van der Waals surface area contributed by atoms with E-state index >= 15 is 0 Å². The van der Waals surface area contributed by atoms with Crippen molar-refractivity contribution < 1.29 is 0 Å². The van der Waals surface area contributed by atoms with Gasteiger partial charge in [0, 0.05) is 47.2 Å². The third-order valence-corrected chi connectivity index (χ3v) is 12.5. The van der Waals surface area contributed by atoms with Crippen LogP contribution in [0.25, 0.3) is 64.9 Å². The number of fused-ring (bicyclic) bond motifs is 7. The summed E-state index contributed by atoms with van der Waals surface area (Å²) < 4.78 is 18.3. The van der Waals surface area contributed by atoms with Crippen LogP contribution in [0.5, 0.6) is 0 Å². The van der Waals surface area contributed by atoms with Gasteiger partial charge in [0.25, 0.3) is 0 Å². The molecule has 12 heteroatoms. The Morgan fingerprint density at radius 3 is 1.48 bits per heavy atom. The van der Waals surface area contributed by atoms with Gasteiger partial charge in [-0.25, -0.2) is 0 Å². The lowest BCUT2D eigenvalue weighted by Gasteiger charge is -2.34. The van der Waals surface area contributed by atoms with E-state index in [4.69, 9.17) is 0 Å². The van der Waals surface area contributed by atoms with Gasteiger partial charge < -0.3 is 0 Å². The third kappa shape index (κ3) is 4.24. The van der Waals surface area contributed by atoms with Gasteiger partial charge in [0.05, 0.1) is 23.5 Å². The quantitative estimate of drug-likeness (QED) is 0.169. The first-order valence-corrected chi connectivity index (χ1v) is 17.5. The van der Waals surface area contributed by atoms with Crippen LogP contribution in [0, 0.1) is 45.3 Å². The number of nitrogens with zero attached hydrogens (tertiary/aromatic N) is 8. The van der Waals surface area contributed by atoms with E-state index in [0.717, 1.165) is 68.2 Å². The Labute approximate surface area is 279 Å². The second-order valence-electron chi connectivity index (χ2n) is 11.2. The summed E-state index contributed by atoms with van der Waals surface area (Å²) in [5.41, 5.74) is 9.21. The number of nitriles is 4. The van der Waals surface area contributed by atoms with Crippen molar-refractivity contribution in [2.45, 2.75) is 37.5 Å². The van der Waals surface area contributed by atoms with Crippen molar-refractivity contribution in [3.63, 3.8) is 0 Å². The highest BCUT2D eigenvalue weighted by Crippen LogP contribution is 2.62. The zero-order valence-corrected chi connectivity index (χ0v) is 27.1. The molecule has 1 fully saturated rings. The SMILES string of the molecule is N#CC(C#N)=Cc1ccc(-c2cc3c(s2)-c2sc(-c4ccc(C=C(C#N)C#N)c5nsnc45)cc2C32CCCCC2)c2nsnc12. The Morgan fingerprint density at radius 2 is 1.04 bits per heavy atom. The summed E-state index contributed by atoms with van der Waals surface area (Å²) in [5.74, 6) is 0. The molecule has 0 bridgehead atoms. The first-order chi connectivity index (χ1) is 22.6. The van der Waals surface area contributed by atoms with E-state index in [2.05, 4.69) is 29.6 Å². The minimum Gasteiger partial charge on any atom is -0.192 e. The molecule has 0 radical (unpaired) electrons. The standard InChI is InChI=1S/C34H18N8S4/c35-14-18(15-36)10-20-4-6-22(30-28(20)39-45-41-30)26-12-24-32(43-26)33-25(34(24)8-2-1-3-9-34)13-27(44-33)23-7-5-21(11-19(16-37)17-38)29-31(23)42-46-40-29/h4-7,10-13H,1-3,8-9H2.